The van der Waals surface area contributed by atoms with Gasteiger partial charge in [-0.15, -0.1) is 11.3 Å². The van der Waals surface area contributed by atoms with Crippen LogP contribution in [0.4, 0.5) is 4.79 Å². The van der Waals surface area contributed by atoms with Crippen molar-refractivity contribution in [3.63, 3.8) is 0 Å². The van der Waals surface area contributed by atoms with E-state index >= 15 is 0 Å². The highest BCUT2D eigenvalue weighted by Gasteiger charge is 2.45. The van der Waals surface area contributed by atoms with E-state index in [-0.39, 0.29) is 4.31 Å². The van der Waals surface area contributed by atoms with Crippen molar-refractivity contribution in [3.05, 3.63) is 88.9 Å². The first-order valence-corrected chi connectivity index (χ1v) is 13.2. The topological polar surface area (TPSA) is 201 Å². The predicted octanol–water partition coefficient (Wildman–Crippen LogP) is 0.526. The number of β-lactam (4-membered cyclic amide) rings is 1. The van der Waals surface area contributed by atoms with E-state index in [0.717, 1.165) is 0 Å². The first-order chi connectivity index (χ1) is 18.1. The normalized spacial score (nSPS) is 16.1. The van der Waals surface area contributed by atoms with Crippen LogP contribution in [0.15, 0.2) is 78.4 Å². The minimum absolute atomic E-state index is 0.206. The van der Waals surface area contributed by atoms with Crippen LogP contribution in [0.25, 0.3) is 0 Å². The highest BCUT2D eigenvalue weighted by Crippen LogP contribution is 2.22. The molecule has 1 aromatic carbocycles. The number of benzene rings is 1. The Kier molecular flexibility index (Phi) is 9.48. The second-order valence-electron chi connectivity index (χ2n) is 7.74. The first-order valence-electron chi connectivity index (χ1n) is 11.0. The summed E-state index contributed by atoms with van der Waals surface area (Å²) >= 11 is 1.20. The zero-order chi connectivity index (χ0) is 27.7. The Bertz CT molecular complexity index is 1330. The number of amides is 5. The Morgan fingerprint density at radius 2 is 1.63 bits per heavy atom. The molecule has 0 saturated carbocycles. The van der Waals surface area contributed by atoms with E-state index in [0.29, 0.717) is 10.4 Å². The molecule has 3 unspecified atom stereocenters. The van der Waals surface area contributed by atoms with Crippen LogP contribution in [0.2, 0.25) is 0 Å². The number of pyridine rings is 1. The molecule has 3 atom stereocenters. The van der Waals surface area contributed by atoms with Gasteiger partial charge in [0.15, 0.2) is 0 Å². The maximum Gasteiger partial charge on any atom is 0.362 e. The molecule has 0 spiro atoms. The van der Waals surface area contributed by atoms with Crippen molar-refractivity contribution < 1.29 is 32.1 Å². The molecule has 0 radical (unpaired) electrons. The first kappa shape index (κ1) is 28.2. The van der Waals surface area contributed by atoms with Crippen molar-refractivity contribution in [2.24, 2.45) is 5.73 Å². The van der Waals surface area contributed by atoms with Gasteiger partial charge in [-0.2, -0.15) is 8.42 Å². The third kappa shape index (κ3) is 7.58. The number of rotatable bonds is 8. The molecule has 1 aliphatic rings. The fourth-order valence-corrected chi connectivity index (χ4v) is 4.78. The Balaban J connectivity index is 0.000000585. The summed E-state index contributed by atoms with van der Waals surface area (Å²) in [5.41, 5.74) is 5.55. The summed E-state index contributed by atoms with van der Waals surface area (Å²) in [7, 11) is -4.71. The largest absolute Gasteiger partial charge is 0.362 e. The highest BCUT2D eigenvalue weighted by atomic mass is 32.2. The minimum atomic E-state index is -4.71. The summed E-state index contributed by atoms with van der Waals surface area (Å²) < 4.78 is 31.3. The fraction of sp³-hybridized carbons (Fsp3) is 0.174. The molecule has 3 heterocycles. The van der Waals surface area contributed by atoms with E-state index in [4.69, 9.17) is 10.3 Å². The number of primary amides is 1. The van der Waals surface area contributed by atoms with E-state index in [1.165, 1.54) is 11.3 Å². The molecule has 200 valence electrons. The van der Waals surface area contributed by atoms with Crippen LogP contribution in [0.5, 0.6) is 0 Å². The fourth-order valence-electron chi connectivity index (χ4n) is 3.31. The van der Waals surface area contributed by atoms with Crippen LogP contribution < -0.4 is 21.7 Å². The molecule has 4 rings (SSSR count). The Labute approximate surface area is 221 Å². The average Bonchev–Trinajstić information content (AvgIpc) is 3.43. The maximum atomic E-state index is 12.9. The van der Waals surface area contributed by atoms with Gasteiger partial charge in [0.2, 0.25) is 11.8 Å². The van der Waals surface area contributed by atoms with Crippen LogP contribution in [0.1, 0.15) is 22.5 Å². The third-order valence-corrected chi connectivity index (χ3v) is 6.94. The number of urea groups is 1. The zero-order valence-electron chi connectivity index (χ0n) is 19.6. The third-order valence-electron chi connectivity index (χ3n) is 5.11. The zero-order valence-corrected chi connectivity index (χ0v) is 21.3. The molecule has 15 heteroatoms. The molecule has 1 fully saturated rings. The molecule has 13 nitrogen and oxygen atoms in total. The van der Waals surface area contributed by atoms with E-state index in [1.807, 2.05) is 18.2 Å². The van der Waals surface area contributed by atoms with Crippen LogP contribution in [0, 0.1) is 0 Å². The molecule has 0 bridgehead atoms. The van der Waals surface area contributed by atoms with Gasteiger partial charge in [0, 0.05) is 17.3 Å². The molecule has 2 aromatic heterocycles. The second-order valence-corrected chi connectivity index (χ2v) is 10.1. The summed E-state index contributed by atoms with van der Waals surface area (Å²) in [6.45, 7) is -0.445. The van der Waals surface area contributed by atoms with Gasteiger partial charge in [0.1, 0.15) is 18.1 Å². The van der Waals surface area contributed by atoms with Gasteiger partial charge >= 0.3 is 16.3 Å². The van der Waals surface area contributed by atoms with Crippen molar-refractivity contribution >= 4 is 45.4 Å². The van der Waals surface area contributed by atoms with E-state index in [2.05, 4.69) is 20.9 Å². The average molecular weight is 561 g/mol. The summed E-state index contributed by atoms with van der Waals surface area (Å²) in [5.74, 6) is -2.53. The molecular formula is C23H24N6O7S2. The quantitative estimate of drug-likeness (QED) is 0.194. The number of carbonyl (C=O) groups excluding carboxylic acids is 4. The number of aromatic nitrogens is 1. The Morgan fingerprint density at radius 3 is 2.11 bits per heavy atom. The lowest BCUT2D eigenvalue weighted by molar-refractivity contribution is -0.141. The monoisotopic (exact) mass is 560 g/mol. The summed E-state index contributed by atoms with van der Waals surface area (Å²) in [4.78, 5) is 53.4. The number of thiophene rings is 1. The smallest absolute Gasteiger partial charge is 0.352 e. The minimum Gasteiger partial charge on any atom is -0.352 e. The van der Waals surface area contributed by atoms with Crippen molar-refractivity contribution in [1.82, 2.24) is 25.2 Å². The molecule has 0 aliphatic carbocycles. The highest BCUT2D eigenvalue weighted by molar-refractivity contribution is 7.84. The Morgan fingerprint density at radius 1 is 0.974 bits per heavy atom. The van der Waals surface area contributed by atoms with Gasteiger partial charge in [0.05, 0.1) is 6.54 Å². The molecule has 5 amide bonds. The lowest BCUT2D eigenvalue weighted by Gasteiger charge is -2.36. The van der Waals surface area contributed by atoms with E-state index in [9.17, 15) is 27.6 Å². The van der Waals surface area contributed by atoms with E-state index in [1.54, 1.807) is 60.2 Å². The molecule has 6 N–H and O–H groups in total. The lowest BCUT2D eigenvalue weighted by Crippen LogP contribution is -2.66. The van der Waals surface area contributed by atoms with Crippen LogP contribution >= 0.6 is 11.3 Å². The number of hydrogen-bond donors (Lipinski definition) is 5. The maximum absolute atomic E-state index is 12.9. The lowest BCUT2D eigenvalue weighted by atomic mass is 10.0. The molecule has 3 aromatic rings. The van der Waals surface area contributed by atoms with Gasteiger partial charge < -0.3 is 21.7 Å². The van der Waals surface area contributed by atoms with Gasteiger partial charge in [-0.25, -0.2) is 9.10 Å². The van der Waals surface area contributed by atoms with Gasteiger partial charge in [0.25, 0.3) is 5.91 Å². The van der Waals surface area contributed by atoms with Gasteiger partial charge in [-0.3, -0.25) is 23.9 Å². The summed E-state index contributed by atoms with van der Waals surface area (Å²) in [6, 6.07) is 12.5. The molecule has 1 aliphatic heterocycles. The number of nitrogens with zero attached hydrogens (tertiary/aromatic N) is 2. The number of carbonyl (C=O) groups is 4. The van der Waals surface area contributed by atoms with Crippen LogP contribution in [0.3, 0.4) is 0 Å². The van der Waals surface area contributed by atoms with Crippen LogP contribution in [-0.4, -0.2) is 58.6 Å². The van der Waals surface area contributed by atoms with Crippen molar-refractivity contribution in [2.75, 3.05) is 6.54 Å². The predicted molar refractivity (Wildman–Crippen MR) is 137 cm³/mol. The number of hydrogen-bond acceptors (Lipinski definition) is 8. The van der Waals surface area contributed by atoms with Crippen LogP contribution in [-0.2, 0) is 24.7 Å². The molecule has 38 heavy (non-hydrogen) atoms. The van der Waals surface area contributed by atoms with Crippen molar-refractivity contribution in [3.8, 4) is 0 Å². The molecule has 1 saturated heterocycles. The Hall–Kier alpha value is -4.34. The summed E-state index contributed by atoms with van der Waals surface area (Å²) in [5, 5.41) is 8.90. The van der Waals surface area contributed by atoms with Crippen molar-refractivity contribution in [2.45, 2.75) is 18.1 Å². The SMILES string of the molecule is NC(=O)NC(C(=O)NC(C(=O)NC1CN(S(=O)(=O)O)C1=O)c1ccccc1)c1cccs1.c1ccncc1. The standard InChI is InChI=1S/C18H19N5O7S2.C5H5N/c19-18(27)22-14(12-7-4-8-31-12)16(25)21-13(10-5-2-1-3-6-10)15(24)20-11-9-23(17(11)26)32(28,29)30;1-2-4-6-5-3-1/h1-8,11,13-14H,9H2,(H,20,24)(H,21,25)(H3,19,22,27)(H,28,29,30);1-5H. The molecular weight excluding hydrogens is 536 g/mol. The van der Waals surface area contributed by atoms with Gasteiger partial charge in [-0.1, -0.05) is 42.5 Å². The number of nitrogens with one attached hydrogen (secondary N) is 3. The van der Waals surface area contributed by atoms with Gasteiger partial charge in [-0.05, 0) is 29.1 Å². The number of nitrogens with two attached hydrogens (primary N) is 1. The second kappa shape index (κ2) is 12.8. The van der Waals surface area contributed by atoms with E-state index < -0.39 is 58.7 Å². The van der Waals surface area contributed by atoms with Crippen molar-refractivity contribution in [1.29, 1.82) is 0 Å². The summed E-state index contributed by atoms with van der Waals surface area (Å²) in [6.07, 6.45) is 3.50.